The smallest absolute Gasteiger partial charge is 0.303 e. The van der Waals surface area contributed by atoms with E-state index in [0.717, 1.165) is 46.5 Å². The number of hydrogen-bond acceptors (Lipinski definition) is 7. The minimum atomic E-state index is -0.865. The molecule has 0 aromatic heterocycles. The number of nitrogens with one attached hydrogen (secondary N) is 1. The van der Waals surface area contributed by atoms with Crippen LogP contribution in [0.4, 0.5) is 0 Å². The minimum Gasteiger partial charge on any atom is -0.453 e. The molecule has 1 fully saturated rings. The maximum absolute atomic E-state index is 12.5. The number of likely N-dealkylation sites (N-methyl/N-ethyl adjacent to an activating group) is 1. The number of rotatable bonds is 12. The predicted octanol–water partition coefficient (Wildman–Crippen LogP) is 6.34. The molecule has 1 amide bonds. The van der Waals surface area contributed by atoms with Crippen LogP contribution < -0.4 is 5.32 Å². The van der Waals surface area contributed by atoms with Crippen molar-refractivity contribution in [2.24, 2.45) is 5.92 Å². The van der Waals surface area contributed by atoms with E-state index < -0.39 is 18.4 Å². The molecule has 2 N–H and O–H groups in total. The largest absolute Gasteiger partial charge is 0.453 e. The first-order valence-electron chi connectivity index (χ1n) is 16.1. The second-order valence-electron chi connectivity index (χ2n) is 12.3. The van der Waals surface area contributed by atoms with E-state index in [1.807, 2.05) is 78.9 Å². The van der Waals surface area contributed by atoms with Crippen molar-refractivity contribution in [2.75, 3.05) is 13.6 Å². The Bertz CT molecular complexity index is 1610. The lowest BCUT2D eigenvalue weighted by atomic mass is 9.90. The Morgan fingerprint density at radius 1 is 0.872 bits per heavy atom. The van der Waals surface area contributed by atoms with Gasteiger partial charge in [0.15, 0.2) is 12.4 Å². The number of aliphatic hydroxyl groups excluding tert-OH is 1. The number of hydrogen-bond donors (Lipinski definition) is 2. The number of aliphatic hydroxyl groups is 1. The van der Waals surface area contributed by atoms with Crippen molar-refractivity contribution in [3.8, 4) is 11.1 Å². The third-order valence-corrected chi connectivity index (χ3v) is 8.59. The molecule has 5 atom stereocenters. The molecule has 8 nitrogen and oxygen atoms in total. The molecule has 246 valence electrons. The summed E-state index contributed by atoms with van der Waals surface area (Å²) in [4.78, 5) is 26.0. The SMILES string of the molecule is CC(=O)OC(C)C(=O)NCc1ccccc1-c1ccc(C2OC(CN(C)Cc3ccccc3)C(C)C(c3ccc(CO)cc3)O2)cc1. The molecule has 0 bridgehead atoms. The van der Waals surface area contributed by atoms with Gasteiger partial charge in [-0.2, -0.15) is 0 Å². The topological polar surface area (TPSA) is 97.3 Å². The van der Waals surface area contributed by atoms with Crippen molar-refractivity contribution in [3.63, 3.8) is 0 Å². The van der Waals surface area contributed by atoms with E-state index in [4.69, 9.17) is 14.2 Å². The predicted molar refractivity (Wildman–Crippen MR) is 181 cm³/mol. The average molecular weight is 637 g/mol. The first kappa shape index (κ1) is 34.0. The van der Waals surface area contributed by atoms with Gasteiger partial charge in [-0.15, -0.1) is 0 Å². The van der Waals surface area contributed by atoms with E-state index in [0.29, 0.717) is 6.54 Å². The van der Waals surface area contributed by atoms with E-state index in [-0.39, 0.29) is 30.6 Å². The Morgan fingerprint density at radius 3 is 2.21 bits per heavy atom. The molecule has 5 unspecified atom stereocenters. The highest BCUT2D eigenvalue weighted by atomic mass is 16.7. The zero-order chi connectivity index (χ0) is 33.3. The summed E-state index contributed by atoms with van der Waals surface area (Å²) >= 11 is 0. The van der Waals surface area contributed by atoms with Crippen LogP contribution in [0.5, 0.6) is 0 Å². The van der Waals surface area contributed by atoms with Crippen molar-refractivity contribution < 1.29 is 28.9 Å². The fourth-order valence-electron chi connectivity index (χ4n) is 6.00. The molecule has 8 heteroatoms. The van der Waals surface area contributed by atoms with Crippen LogP contribution in [0.3, 0.4) is 0 Å². The van der Waals surface area contributed by atoms with Gasteiger partial charge in [-0.1, -0.05) is 110 Å². The van der Waals surface area contributed by atoms with Gasteiger partial charge >= 0.3 is 5.97 Å². The van der Waals surface area contributed by atoms with Crippen molar-refractivity contribution >= 4 is 11.9 Å². The van der Waals surface area contributed by atoms with Gasteiger partial charge in [-0.25, -0.2) is 0 Å². The molecule has 0 aliphatic carbocycles. The normalized spacial score (nSPS) is 20.0. The van der Waals surface area contributed by atoms with Crippen molar-refractivity contribution in [2.45, 2.75) is 65.1 Å². The standard InChI is InChI=1S/C39H44N2O6/c1-26-36(24-41(4)23-29-10-6-5-7-11-29)46-39(47-37(26)32-16-14-30(25-42)15-17-32)33-20-18-31(19-21-33)35-13-9-8-12-34(35)22-40-38(44)27(2)45-28(3)43/h5-21,26-27,36-37,39,42H,22-25H2,1-4H3,(H,40,44). The number of carbonyl (C=O) groups excluding carboxylic acids is 2. The fourth-order valence-corrected chi connectivity index (χ4v) is 6.00. The molecule has 1 heterocycles. The Labute approximate surface area is 277 Å². The van der Waals surface area contributed by atoms with Gasteiger partial charge in [-0.3, -0.25) is 14.5 Å². The molecule has 0 radical (unpaired) electrons. The molecule has 5 rings (SSSR count). The molecule has 4 aromatic carbocycles. The second-order valence-corrected chi connectivity index (χ2v) is 12.3. The van der Waals surface area contributed by atoms with Crippen LogP contribution in [0.15, 0.2) is 103 Å². The molecule has 4 aromatic rings. The van der Waals surface area contributed by atoms with Crippen molar-refractivity contribution in [1.82, 2.24) is 10.2 Å². The number of carbonyl (C=O) groups is 2. The molecule has 0 saturated carbocycles. The summed E-state index contributed by atoms with van der Waals surface area (Å²) in [5.74, 6) is -0.768. The zero-order valence-corrected chi connectivity index (χ0v) is 27.5. The summed E-state index contributed by atoms with van der Waals surface area (Å²) in [6, 6.07) is 34.4. The van der Waals surface area contributed by atoms with E-state index in [2.05, 4.69) is 48.5 Å². The van der Waals surface area contributed by atoms with Gasteiger partial charge in [0, 0.05) is 38.0 Å². The van der Waals surface area contributed by atoms with Crippen molar-refractivity contribution in [1.29, 1.82) is 0 Å². The third-order valence-electron chi connectivity index (χ3n) is 8.59. The summed E-state index contributed by atoms with van der Waals surface area (Å²) in [6.45, 7) is 6.85. The van der Waals surface area contributed by atoms with Crippen LogP contribution in [-0.2, 0) is 43.5 Å². The number of esters is 1. The van der Waals surface area contributed by atoms with Gasteiger partial charge in [0.1, 0.15) is 0 Å². The Balaban J connectivity index is 1.34. The number of benzene rings is 4. The van der Waals surface area contributed by atoms with Gasteiger partial charge in [0.25, 0.3) is 5.91 Å². The molecule has 0 spiro atoms. The molecule has 1 aliphatic heterocycles. The monoisotopic (exact) mass is 636 g/mol. The van der Waals surface area contributed by atoms with Gasteiger partial charge < -0.3 is 24.6 Å². The van der Waals surface area contributed by atoms with Crippen LogP contribution in [0, 0.1) is 5.92 Å². The van der Waals surface area contributed by atoms with Gasteiger partial charge in [0.2, 0.25) is 0 Å². The van der Waals surface area contributed by atoms with Crippen LogP contribution in [0.2, 0.25) is 0 Å². The highest BCUT2D eigenvalue weighted by molar-refractivity contribution is 5.83. The lowest BCUT2D eigenvalue weighted by molar-refractivity contribution is -0.276. The lowest BCUT2D eigenvalue weighted by Gasteiger charge is -2.42. The number of amides is 1. The van der Waals surface area contributed by atoms with Crippen LogP contribution in [0.25, 0.3) is 11.1 Å². The molecule has 47 heavy (non-hydrogen) atoms. The zero-order valence-electron chi connectivity index (χ0n) is 27.5. The highest BCUT2D eigenvalue weighted by Crippen LogP contribution is 2.42. The van der Waals surface area contributed by atoms with E-state index in [9.17, 15) is 14.7 Å². The summed E-state index contributed by atoms with van der Waals surface area (Å²) in [6.07, 6.45) is -1.73. The second kappa shape index (κ2) is 16.0. The molecule has 1 saturated heterocycles. The summed E-state index contributed by atoms with van der Waals surface area (Å²) in [5.41, 5.74) is 6.99. The molecular formula is C39H44N2O6. The number of ether oxygens (including phenoxy) is 3. The maximum Gasteiger partial charge on any atom is 0.303 e. The lowest BCUT2D eigenvalue weighted by Crippen LogP contribution is -2.43. The summed E-state index contributed by atoms with van der Waals surface area (Å²) in [5, 5.41) is 12.4. The Kier molecular flexibility index (Phi) is 11.6. The average Bonchev–Trinajstić information content (AvgIpc) is 3.08. The minimum absolute atomic E-state index is 0.00471. The highest BCUT2D eigenvalue weighted by Gasteiger charge is 2.38. The first-order valence-corrected chi connectivity index (χ1v) is 16.1. The first-order chi connectivity index (χ1) is 22.7. The van der Waals surface area contributed by atoms with Crippen LogP contribution in [0.1, 0.15) is 61.0 Å². The number of nitrogens with zero attached hydrogens (tertiary/aromatic N) is 1. The Hall–Kier alpha value is -4.34. The van der Waals surface area contributed by atoms with Crippen LogP contribution >= 0.6 is 0 Å². The van der Waals surface area contributed by atoms with E-state index >= 15 is 0 Å². The Morgan fingerprint density at radius 2 is 1.53 bits per heavy atom. The van der Waals surface area contributed by atoms with Crippen molar-refractivity contribution in [3.05, 3.63) is 131 Å². The summed E-state index contributed by atoms with van der Waals surface area (Å²) in [7, 11) is 2.12. The quantitative estimate of drug-likeness (QED) is 0.175. The molecular weight excluding hydrogens is 592 g/mol. The fraction of sp³-hybridized carbons (Fsp3) is 0.333. The maximum atomic E-state index is 12.5. The molecule has 1 aliphatic rings. The van der Waals surface area contributed by atoms with Gasteiger partial charge in [-0.05, 0) is 47.4 Å². The van der Waals surface area contributed by atoms with Crippen LogP contribution in [-0.4, -0.2) is 47.7 Å². The van der Waals surface area contributed by atoms with E-state index in [1.165, 1.54) is 12.5 Å². The summed E-state index contributed by atoms with van der Waals surface area (Å²) < 4.78 is 18.4. The van der Waals surface area contributed by atoms with E-state index in [1.54, 1.807) is 6.92 Å². The third kappa shape index (κ3) is 8.93. The van der Waals surface area contributed by atoms with Gasteiger partial charge in [0.05, 0.1) is 18.8 Å².